The number of rotatable bonds is 8. The molecule has 4 nitrogen and oxygen atoms in total. The molecule has 4 heteroatoms. The summed E-state index contributed by atoms with van der Waals surface area (Å²) in [4.78, 5) is 10.6. The van der Waals surface area contributed by atoms with Gasteiger partial charge < -0.3 is 14.6 Å². The van der Waals surface area contributed by atoms with Gasteiger partial charge in [0.15, 0.2) is 0 Å². The van der Waals surface area contributed by atoms with Gasteiger partial charge in [0.25, 0.3) is 0 Å². The van der Waals surface area contributed by atoms with Crippen molar-refractivity contribution >= 4 is 5.97 Å². The van der Waals surface area contributed by atoms with Gasteiger partial charge in [0, 0.05) is 6.42 Å². The topological polar surface area (TPSA) is 55.8 Å². The molecule has 0 unspecified atom stereocenters. The van der Waals surface area contributed by atoms with E-state index in [1.165, 1.54) is 12.1 Å². The lowest BCUT2D eigenvalue weighted by Gasteiger charge is -2.07. The molecule has 0 aliphatic heterocycles. The van der Waals surface area contributed by atoms with Crippen LogP contribution in [0.5, 0.6) is 5.75 Å². The predicted octanol–water partition coefficient (Wildman–Crippen LogP) is 2.75. The number of ether oxygens (including phenoxy) is 2. The summed E-state index contributed by atoms with van der Waals surface area (Å²) in [5.41, 5.74) is 1.26. The van der Waals surface area contributed by atoms with Crippen molar-refractivity contribution in [3.63, 3.8) is 0 Å². The minimum Gasteiger partial charge on any atom is -0.494 e. The van der Waals surface area contributed by atoms with Crippen molar-refractivity contribution in [3.05, 3.63) is 42.0 Å². The van der Waals surface area contributed by atoms with Gasteiger partial charge in [-0.1, -0.05) is 12.2 Å². The number of benzene rings is 1. The van der Waals surface area contributed by atoms with E-state index < -0.39 is 5.97 Å². The largest absolute Gasteiger partial charge is 0.494 e. The van der Waals surface area contributed by atoms with Crippen molar-refractivity contribution in [1.29, 1.82) is 0 Å². The van der Waals surface area contributed by atoms with E-state index in [9.17, 15) is 4.79 Å². The molecule has 1 rings (SSSR count). The van der Waals surface area contributed by atoms with Crippen LogP contribution >= 0.6 is 0 Å². The van der Waals surface area contributed by atoms with Gasteiger partial charge in [0.05, 0.1) is 25.4 Å². The molecule has 0 radical (unpaired) electrons. The maximum atomic E-state index is 10.6. The average molecular weight is 250 g/mol. The highest BCUT2D eigenvalue weighted by Gasteiger charge is 2.01. The summed E-state index contributed by atoms with van der Waals surface area (Å²) in [6.45, 7) is 7.40. The third-order valence-corrected chi connectivity index (χ3v) is 2.15. The number of carbonyl (C=O) groups is 1. The van der Waals surface area contributed by atoms with Gasteiger partial charge in [-0.2, -0.15) is 0 Å². The van der Waals surface area contributed by atoms with Crippen molar-refractivity contribution < 1.29 is 19.4 Å². The zero-order valence-electron chi connectivity index (χ0n) is 10.5. The summed E-state index contributed by atoms with van der Waals surface area (Å²) in [5, 5.41) is 8.73. The Morgan fingerprint density at radius 2 is 1.94 bits per heavy atom. The first-order valence-electron chi connectivity index (χ1n) is 5.78. The molecule has 98 valence electrons. The third kappa shape index (κ3) is 5.50. The fraction of sp³-hybridized carbons (Fsp3) is 0.357. The molecule has 0 amide bonds. The van der Waals surface area contributed by atoms with Crippen LogP contribution in [0.2, 0.25) is 0 Å². The summed E-state index contributed by atoms with van der Waals surface area (Å²) in [5.74, 6) is -0.269. The standard InChI is InChI=1S/C14H18O4/c1-11(2)10-17-8-3-9-18-13-6-4-12(5-7-13)14(15)16/h4-7H,1,3,8-10H2,2H3,(H,15,16). The average Bonchev–Trinajstić information content (AvgIpc) is 2.34. The fourth-order valence-corrected chi connectivity index (χ4v) is 1.29. The van der Waals surface area contributed by atoms with Gasteiger partial charge in [0.2, 0.25) is 0 Å². The van der Waals surface area contributed by atoms with E-state index in [4.69, 9.17) is 14.6 Å². The monoisotopic (exact) mass is 250 g/mol. The molecule has 1 aromatic carbocycles. The van der Waals surface area contributed by atoms with Gasteiger partial charge in [0.1, 0.15) is 5.75 Å². The molecule has 18 heavy (non-hydrogen) atoms. The van der Waals surface area contributed by atoms with Crippen LogP contribution in [0.3, 0.4) is 0 Å². The Morgan fingerprint density at radius 3 is 2.50 bits per heavy atom. The first kappa shape index (κ1) is 14.3. The Hall–Kier alpha value is -1.81. The van der Waals surface area contributed by atoms with Crippen LogP contribution in [-0.2, 0) is 4.74 Å². The molecule has 1 aromatic rings. The fourth-order valence-electron chi connectivity index (χ4n) is 1.29. The molecule has 0 bridgehead atoms. The SMILES string of the molecule is C=C(C)COCCCOc1ccc(C(=O)O)cc1. The van der Waals surface area contributed by atoms with Crippen LogP contribution in [-0.4, -0.2) is 30.9 Å². The van der Waals surface area contributed by atoms with E-state index in [1.54, 1.807) is 12.1 Å². The number of carboxylic acid groups (broad SMARTS) is 1. The van der Waals surface area contributed by atoms with Crippen molar-refractivity contribution in [2.75, 3.05) is 19.8 Å². The number of carboxylic acids is 1. The van der Waals surface area contributed by atoms with Crippen molar-refractivity contribution in [3.8, 4) is 5.75 Å². The van der Waals surface area contributed by atoms with Crippen LogP contribution in [0.15, 0.2) is 36.4 Å². The summed E-state index contributed by atoms with van der Waals surface area (Å²) in [6.07, 6.45) is 0.786. The molecule has 0 aliphatic carbocycles. The minimum atomic E-state index is -0.935. The second-order valence-electron chi connectivity index (χ2n) is 4.04. The van der Waals surface area contributed by atoms with Crippen molar-refractivity contribution in [2.24, 2.45) is 0 Å². The zero-order valence-corrected chi connectivity index (χ0v) is 10.5. The Balaban J connectivity index is 2.19. The van der Waals surface area contributed by atoms with Gasteiger partial charge in [-0.05, 0) is 31.2 Å². The van der Waals surface area contributed by atoms with Gasteiger partial charge in [-0.25, -0.2) is 4.79 Å². The highest BCUT2D eigenvalue weighted by molar-refractivity contribution is 5.87. The van der Waals surface area contributed by atoms with Crippen LogP contribution in [0.1, 0.15) is 23.7 Å². The van der Waals surface area contributed by atoms with Gasteiger partial charge >= 0.3 is 5.97 Å². The van der Waals surface area contributed by atoms with E-state index in [2.05, 4.69) is 6.58 Å². The highest BCUT2D eigenvalue weighted by atomic mass is 16.5. The molecule has 0 aliphatic rings. The molecule has 0 fully saturated rings. The maximum Gasteiger partial charge on any atom is 0.335 e. The van der Waals surface area contributed by atoms with Crippen LogP contribution < -0.4 is 4.74 Å². The van der Waals surface area contributed by atoms with E-state index in [-0.39, 0.29) is 5.56 Å². The van der Waals surface area contributed by atoms with Crippen LogP contribution in [0.25, 0.3) is 0 Å². The first-order valence-corrected chi connectivity index (χ1v) is 5.78. The van der Waals surface area contributed by atoms with Gasteiger partial charge in [-0.3, -0.25) is 0 Å². The Morgan fingerprint density at radius 1 is 1.28 bits per heavy atom. The molecule has 0 atom stereocenters. The summed E-state index contributed by atoms with van der Waals surface area (Å²) in [6, 6.07) is 6.35. The first-order chi connectivity index (χ1) is 8.59. The van der Waals surface area contributed by atoms with Gasteiger partial charge in [-0.15, -0.1) is 0 Å². The normalized spacial score (nSPS) is 10.1. The Labute approximate surface area is 107 Å². The Kier molecular flexibility index (Phi) is 5.94. The van der Waals surface area contributed by atoms with Crippen molar-refractivity contribution in [2.45, 2.75) is 13.3 Å². The molecule has 0 saturated heterocycles. The van der Waals surface area contributed by atoms with E-state index >= 15 is 0 Å². The summed E-state index contributed by atoms with van der Waals surface area (Å²) >= 11 is 0. The minimum absolute atomic E-state index is 0.257. The quantitative estimate of drug-likeness (QED) is 0.569. The lowest BCUT2D eigenvalue weighted by molar-refractivity contribution is 0.0697. The number of hydrogen-bond acceptors (Lipinski definition) is 3. The highest BCUT2D eigenvalue weighted by Crippen LogP contribution is 2.12. The second kappa shape index (κ2) is 7.50. The molecular weight excluding hydrogens is 232 g/mol. The van der Waals surface area contributed by atoms with Crippen LogP contribution in [0, 0.1) is 0 Å². The lowest BCUT2D eigenvalue weighted by Crippen LogP contribution is -2.04. The molecule has 0 aromatic heterocycles. The van der Waals surface area contributed by atoms with E-state index in [1.807, 2.05) is 6.92 Å². The zero-order chi connectivity index (χ0) is 13.4. The second-order valence-corrected chi connectivity index (χ2v) is 4.04. The Bertz CT molecular complexity index is 395. The lowest BCUT2D eigenvalue weighted by atomic mass is 10.2. The molecule has 0 saturated carbocycles. The molecule has 0 heterocycles. The molecule has 1 N–H and O–H groups in total. The van der Waals surface area contributed by atoms with Crippen LogP contribution in [0.4, 0.5) is 0 Å². The summed E-state index contributed by atoms with van der Waals surface area (Å²) < 4.78 is 10.8. The van der Waals surface area contributed by atoms with E-state index in [0.29, 0.717) is 25.6 Å². The number of hydrogen-bond donors (Lipinski definition) is 1. The van der Waals surface area contributed by atoms with Crippen molar-refractivity contribution in [1.82, 2.24) is 0 Å². The predicted molar refractivity (Wildman–Crippen MR) is 69.1 cm³/mol. The molecular formula is C14H18O4. The number of aromatic carboxylic acids is 1. The summed E-state index contributed by atoms with van der Waals surface area (Å²) in [7, 11) is 0. The van der Waals surface area contributed by atoms with E-state index in [0.717, 1.165) is 12.0 Å². The maximum absolute atomic E-state index is 10.6. The smallest absolute Gasteiger partial charge is 0.335 e. The molecule has 0 spiro atoms. The third-order valence-electron chi connectivity index (χ3n) is 2.15.